The maximum absolute atomic E-state index is 10.9. The Labute approximate surface area is 112 Å². The van der Waals surface area contributed by atoms with Gasteiger partial charge in [-0.25, -0.2) is 0 Å². The molecule has 0 saturated heterocycles. The number of rotatable bonds is 5. The van der Waals surface area contributed by atoms with Gasteiger partial charge in [0.1, 0.15) is 11.3 Å². The average Bonchev–Trinajstić information content (AvgIpc) is 2.71. The van der Waals surface area contributed by atoms with E-state index in [1.807, 2.05) is 32.0 Å². The van der Waals surface area contributed by atoms with Crippen molar-refractivity contribution in [1.82, 2.24) is 5.32 Å². The molecule has 1 N–H and O–H groups in total. The van der Waals surface area contributed by atoms with Crippen LogP contribution in [0, 0.1) is 0 Å². The van der Waals surface area contributed by atoms with Crippen LogP contribution in [0.5, 0.6) is 5.75 Å². The minimum absolute atomic E-state index is 0.0170. The first-order valence-corrected chi connectivity index (χ1v) is 6.47. The molecule has 0 aliphatic rings. The summed E-state index contributed by atoms with van der Waals surface area (Å²) in [5.74, 6) is 0.821. The molecule has 0 aliphatic heterocycles. The Morgan fingerprint density at radius 1 is 1.42 bits per heavy atom. The van der Waals surface area contributed by atoms with Gasteiger partial charge in [-0.2, -0.15) is 0 Å². The fourth-order valence-electron chi connectivity index (χ4n) is 1.97. The molecule has 1 amide bonds. The first-order chi connectivity index (χ1) is 9.06. The molecule has 1 heterocycles. The molecule has 0 saturated carbocycles. The predicted octanol–water partition coefficient (Wildman–Crippen LogP) is 2.90. The number of carbonyl (C=O) groups excluding carboxylic acids is 1. The summed E-state index contributed by atoms with van der Waals surface area (Å²) in [5, 5.41) is 3.83. The molecule has 1 aromatic carbocycles. The van der Waals surface area contributed by atoms with Gasteiger partial charge in [0.15, 0.2) is 0 Å². The lowest BCUT2D eigenvalue weighted by atomic mass is 10.1. The molecule has 0 aliphatic carbocycles. The van der Waals surface area contributed by atoms with Crippen molar-refractivity contribution in [3.8, 4) is 5.75 Å². The molecule has 0 spiro atoms. The highest BCUT2D eigenvalue weighted by atomic mass is 16.5. The van der Waals surface area contributed by atoms with E-state index in [9.17, 15) is 4.79 Å². The van der Waals surface area contributed by atoms with Gasteiger partial charge in [-0.1, -0.05) is 0 Å². The summed E-state index contributed by atoms with van der Waals surface area (Å²) < 4.78 is 11.2. The Hall–Kier alpha value is -1.97. The summed E-state index contributed by atoms with van der Waals surface area (Å²) in [6, 6.07) is 5.81. The SMILES string of the molecule is CC(=O)NCCc1coc2ccc(OC(C)C)cc12. The molecular formula is C15H19NO3. The van der Waals surface area contributed by atoms with Gasteiger partial charge >= 0.3 is 0 Å². The smallest absolute Gasteiger partial charge is 0.216 e. The van der Waals surface area contributed by atoms with Crippen LogP contribution >= 0.6 is 0 Å². The Morgan fingerprint density at radius 3 is 2.89 bits per heavy atom. The second-order valence-electron chi connectivity index (χ2n) is 4.82. The Kier molecular flexibility index (Phi) is 4.10. The van der Waals surface area contributed by atoms with Gasteiger partial charge in [0.05, 0.1) is 12.4 Å². The van der Waals surface area contributed by atoms with Crippen molar-refractivity contribution in [3.05, 3.63) is 30.0 Å². The lowest BCUT2D eigenvalue weighted by molar-refractivity contribution is -0.118. The van der Waals surface area contributed by atoms with Gasteiger partial charge in [0, 0.05) is 24.4 Å². The van der Waals surface area contributed by atoms with Gasteiger partial charge < -0.3 is 14.5 Å². The summed E-state index contributed by atoms with van der Waals surface area (Å²) in [7, 11) is 0. The number of benzene rings is 1. The fraction of sp³-hybridized carbons (Fsp3) is 0.400. The zero-order chi connectivity index (χ0) is 13.8. The topological polar surface area (TPSA) is 51.5 Å². The lowest BCUT2D eigenvalue weighted by Crippen LogP contribution is -2.22. The number of fused-ring (bicyclic) bond motifs is 1. The number of amides is 1. The van der Waals surface area contributed by atoms with Crippen LogP contribution in [-0.2, 0) is 11.2 Å². The summed E-state index contributed by atoms with van der Waals surface area (Å²) in [6.07, 6.45) is 2.63. The minimum Gasteiger partial charge on any atom is -0.491 e. The average molecular weight is 261 g/mol. The number of furan rings is 1. The van der Waals surface area contributed by atoms with Crippen LogP contribution in [0.3, 0.4) is 0 Å². The quantitative estimate of drug-likeness (QED) is 0.900. The van der Waals surface area contributed by atoms with Crippen molar-refractivity contribution in [1.29, 1.82) is 0 Å². The molecule has 0 fully saturated rings. The van der Waals surface area contributed by atoms with Gasteiger partial charge in [-0.15, -0.1) is 0 Å². The number of hydrogen-bond donors (Lipinski definition) is 1. The zero-order valence-corrected chi connectivity index (χ0v) is 11.5. The largest absolute Gasteiger partial charge is 0.491 e. The van der Waals surface area contributed by atoms with E-state index in [0.29, 0.717) is 6.54 Å². The fourth-order valence-corrected chi connectivity index (χ4v) is 1.97. The minimum atomic E-state index is -0.0170. The molecule has 4 nitrogen and oxygen atoms in total. The third-order valence-electron chi connectivity index (χ3n) is 2.77. The van der Waals surface area contributed by atoms with E-state index in [1.54, 1.807) is 6.26 Å². The highest BCUT2D eigenvalue weighted by molar-refractivity contribution is 5.82. The number of ether oxygens (including phenoxy) is 1. The van der Waals surface area contributed by atoms with Crippen molar-refractivity contribution in [2.24, 2.45) is 0 Å². The zero-order valence-electron chi connectivity index (χ0n) is 11.5. The third kappa shape index (κ3) is 3.50. The molecule has 0 radical (unpaired) electrons. The van der Waals surface area contributed by atoms with Crippen LogP contribution in [0.4, 0.5) is 0 Å². The predicted molar refractivity (Wildman–Crippen MR) is 74.4 cm³/mol. The third-order valence-corrected chi connectivity index (χ3v) is 2.77. The van der Waals surface area contributed by atoms with Gasteiger partial charge in [0.25, 0.3) is 0 Å². The molecule has 2 aromatic rings. The lowest BCUT2D eigenvalue weighted by Gasteiger charge is -2.09. The molecular weight excluding hydrogens is 242 g/mol. The first-order valence-electron chi connectivity index (χ1n) is 6.47. The van der Waals surface area contributed by atoms with E-state index in [2.05, 4.69) is 5.32 Å². The van der Waals surface area contributed by atoms with Crippen LogP contribution < -0.4 is 10.1 Å². The van der Waals surface area contributed by atoms with E-state index < -0.39 is 0 Å². The highest BCUT2D eigenvalue weighted by Crippen LogP contribution is 2.26. The molecule has 2 rings (SSSR count). The van der Waals surface area contributed by atoms with Gasteiger partial charge in [-0.05, 0) is 38.5 Å². The van der Waals surface area contributed by atoms with Crippen LogP contribution in [0.2, 0.25) is 0 Å². The summed E-state index contributed by atoms with van der Waals surface area (Å²) >= 11 is 0. The Bertz CT molecular complexity index is 572. The van der Waals surface area contributed by atoms with Crippen LogP contribution in [0.1, 0.15) is 26.3 Å². The first kappa shape index (κ1) is 13.5. The van der Waals surface area contributed by atoms with Crippen molar-refractivity contribution >= 4 is 16.9 Å². The van der Waals surface area contributed by atoms with Gasteiger partial charge in [0.2, 0.25) is 5.91 Å². The molecule has 0 bridgehead atoms. The summed E-state index contributed by atoms with van der Waals surface area (Å²) in [6.45, 7) is 6.12. The molecule has 19 heavy (non-hydrogen) atoms. The van der Waals surface area contributed by atoms with Crippen molar-refractivity contribution in [2.75, 3.05) is 6.54 Å². The van der Waals surface area contributed by atoms with E-state index in [0.717, 1.165) is 28.7 Å². The standard InChI is InChI=1S/C15H19NO3/c1-10(2)19-13-4-5-15-14(8-13)12(9-18-15)6-7-16-11(3)17/h4-5,8-10H,6-7H2,1-3H3,(H,16,17). The summed E-state index contributed by atoms with van der Waals surface area (Å²) in [5.41, 5.74) is 1.92. The monoisotopic (exact) mass is 261 g/mol. The van der Waals surface area contributed by atoms with Gasteiger partial charge in [-0.3, -0.25) is 4.79 Å². The van der Waals surface area contributed by atoms with Crippen LogP contribution in [0.25, 0.3) is 11.0 Å². The molecule has 1 aromatic heterocycles. The number of nitrogens with one attached hydrogen (secondary N) is 1. The second kappa shape index (κ2) is 5.78. The molecule has 4 heteroatoms. The van der Waals surface area contributed by atoms with Crippen molar-refractivity contribution < 1.29 is 13.9 Å². The van der Waals surface area contributed by atoms with Crippen LogP contribution in [0.15, 0.2) is 28.9 Å². The molecule has 0 unspecified atom stereocenters. The highest BCUT2D eigenvalue weighted by Gasteiger charge is 2.08. The summed E-state index contributed by atoms with van der Waals surface area (Å²) in [4.78, 5) is 10.9. The maximum atomic E-state index is 10.9. The van der Waals surface area contributed by atoms with E-state index >= 15 is 0 Å². The number of carbonyl (C=O) groups is 1. The van der Waals surface area contributed by atoms with Crippen LogP contribution in [-0.4, -0.2) is 18.6 Å². The van der Waals surface area contributed by atoms with Crippen molar-refractivity contribution in [3.63, 3.8) is 0 Å². The number of hydrogen-bond acceptors (Lipinski definition) is 3. The van der Waals surface area contributed by atoms with Crippen molar-refractivity contribution in [2.45, 2.75) is 33.3 Å². The molecule has 0 atom stereocenters. The molecule has 102 valence electrons. The van der Waals surface area contributed by atoms with E-state index in [-0.39, 0.29) is 12.0 Å². The van der Waals surface area contributed by atoms with E-state index in [1.165, 1.54) is 6.92 Å². The van der Waals surface area contributed by atoms with E-state index in [4.69, 9.17) is 9.15 Å². The Morgan fingerprint density at radius 2 is 2.21 bits per heavy atom. The Balaban J connectivity index is 2.17. The normalized spacial score (nSPS) is 10.9. The second-order valence-corrected chi connectivity index (χ2v) is 4.82. The maximum Gasteiger partial charge on any atom is 0.216 e.